The van der Waals surface area contributed by atoms with E-state index in [1.54, 1.807) is 76.4 Å². The fraction of sp³-hybridized carbons (Fsp3) is 0.378. The molecule has 13 nitrogen and oxygen atoms in total. The number of nitrogens with zero attached hydrogens (tertiary/aromatic N) is 1. The van der Waals surface area contributed by atoms with Crippen LogP contribution in [0, 0.1) is 5.92 Å². The van der Waals surface area contributed by atoms with E-state index in [2.05, 4.69) is 21.3 Å². The summed E-state index contributed by atoms with van der Waals surface area (Å²) in [4.78, 5) is 69.1. The molecule has 0 unspecified atom stereocenters. The van der Waals surface area contributed by atoms with Gasteiger partial charge in [-0.1, -0.05) is 56.3 Å². The van der Waals surface area contributed by atoms with Gasteiger partial charge in [0.05, 0.1) is 38.2 Å². The fourth-order valence-corrected chi connectivity index (χ4v) is 5.22. The largest absolute Gasteiger partial charge is 0.497 e. The maximum Gasteiger partial charge on any atom is 0.255 e. The van der Waals surface area contributed by atoms with Crippen molar-refractivity contribution in [3.8, 4) is 17.2 Å². The Morgan fingerprint density at radius 2 is 1.60 bits per heavy atom. The maximum atomic E-state index is 13.9. The first-order valence-electron chi connectivity index (χ1n) is 16.5. The molecule has 1 aliphatic rings. The van der Waals surface area contributed by atoms with Crippen molar-refractivity contribution in [2.24, 2.45) is 5.92 Å². The van der Waals surface area contributed by atoms with E-state index in [0.29, 0.717) is 11.5 Å². The Balaban J connectivity index is 1.60. The van der Waals surface area contributed by atoms with Crippen molar-refractivity contribution >= 4 is 29.5 Å². The van der Waals surface area contributed by atoms with Crippen molar-refractivity contribution < 1.29 is 38.2 Å². The highest BCUT2D eigenvalue weighted by molar-refractivity contribution is 6.01. The highest BCUT2D eigenvalue weighted by Gasteiger charge is 2.31. The molecule has 4 rings (SSSR count). The second kappa shape index (κ2) is 18.2. The van der Waals surface area contributed by atoms with Crippen molar-refractivity contribution in [1.29, 1.82) is 0 Å². The van der Waals surface area contributed by atoms with Gasteiger partial charge in [0, 0.05) is 6.54 Å². The number of rotatable bonds is 9. The summed E-state index contributed by atoms with van der Waals surface area (Å²) in [6, 6.07) is 19.8. The summed E-state index contributed by atoms with van der Waals surface area (Å²) < 4.78 is 16.8. The molecular weight excluding hydrogens is 642 g/mol. The van der Waals surface area contributed by atoms with Crippen LogP contribution in [-0.2, 0) is 25.7 Å². The van der Waals surface area contributed by atoms with Crippen LogP contribution in [0.3, 0.4) is 0 Å². The van der Waals surface area contributed by atoms with E-state index in [9.17, 15) is 24.0 Å². The predicted molar refractivity (Wildman–Crippen MR) is 186 cm³/mol. The van der Waals surface area contributed by atoms with E-state index < -0.39 is 54.1 Å². The molecule has 5 amide bonds. The van der Waals surface area contributed by atoms with E-state index in [1.165, 1.54) is 4.90 Å². The van der Waals surface area contributed by atoms with Crippen molar-refractivity contribution in [3.63, 3.8) is 0 Å². The van der Waals surface area contributed by atoms with Gasteiger partial charge in [-0.25, -0.2) is 0 Å². The normalized spacial score (nSPS) is 19.2. The first-order valence-corrected chi connectivity index (χ1v) is 16.5. The summed E-state index contributed by atoms with van der Waals surface area (Å²) in [5, 5.41) is 11.1. The number of methoxy groups -OCH3 is 1. The van der Waals surface area contributed by atoms with Gasteiger partial charge in [0.1, 0.15) is 42.5 Å². The third-order valence-electron chi connectivity index (χ3n) is 7.91. The summed E-state index contributed by atoms with van der Waals surface area (Å²) in [5.41, 5.74) is 0.889. The van der Waals surface area contributed by atoms with Crippen LogP contribution >= 0.6 is 0 Å². The van der Waals surface area contributed by atoms with E-state index >= 15 is 0 Å². The molecule has 1 heterocycles. The van der Waals surface area contributed by atoms with Crippen LogP contribution in [0.5, 0.6) is 17.2 Å². The van der Waals surface area contributed by atoms with Crippen LogP contribution in [0.1, 0.15) is 43.1 Å². The molecule has 0 fully saturated rings. The lowest BCUT2D eigenvalue weighted by Gasteiger charge is -2.27. The lowest BCUT2D eigenvalue weighted by atomic mass is 10.0. The van der Waals surface area contributed by atoms with E-state index in [0.717, 1.165) is 5.56 Å². The molecule has 13 heteroatoms. The number of amides is 5. The third kappa shape index (κ3) is 11.0. The Kier molecular flexibility index (Phi) is 13.6. The molecular formula is C37H45N5O8. The first kappa shape index (κ1) is 37.2. The van der Waals surface area contributed by atoms with Crippen molar-refractivity contribution in [2.45, 2.75) is 51.9 Å². The maximum absolute atomic E-state index is 13.9. The standard InChI is InChI=1S/C37H45N5O8/c1-24(2)34-37(47)39-25(3)23-50-31-13-9-8-12-29(31)35(45)40-30(36(46)38-18-19-49-28-16-14-27(48-4)15-17-28)20-33(44)42(22-32(43)41-34)21-26-10-6-5-7-11-26/h5-17,24-25,30,34H,18-23H2,1-4H3,(H,38,46)(H,39,47)(H,40,45)(H,41,43)/t25-,30-,34+/m0/s1. The molecule has 4 N–H and O–H groups in total. The van der Waals surface area contributed by atoms with Gasteiger partial charge < -0.3 is 40.4 Å². The lowest BCUT2D eigenvalue weighted by molar-refractivity contribution is -0.139. The molecule has 266 valence electrons. The van der Waals surface area contributed by atoms with Gasteiger partial charge >= 0.3 is 0 Å². The Labute approximate surface area is 292 Å². The van der Waals surface area contributed by atoms with Gasteiger partial charge in [-0.3, -0.25) is 24.0 Å². The number of carbonyl (C=O) groups excluding carboxylic acids is 5. The molecule has 0 bridgehead atoms. The second-order valence-electron chi connectivity index (χ2n) is 12.3. The van der Waals surface area contributed by atoms with Crippen molar-refractivity contribution in [3.05, 3.63) is 90.0 Å². The van der Waals surface area contributed by atoms with Crippen LogP contribution in [0.4, 0.5) is 0 Å². The van der Waals surface area contributed by atoms with Gasteiger partial charge in [0.15, 0.2) is 0 Å². The molecule has 0 saturated carbocycles. The molecule has 0 saturated heterocycles. The van der Waals surface area contributed by atoms with Gasteiger partial charge in [-0.05, 0) is 54.8 Å². The monoisotopic (exact) mass is 687 g/mol. The molecule has 3 aromatic rings. The number of benzene rings is 3. The Hall–Kier alpha value is -5.59. The predicted octanol–water partition coefficient (Wildman–Crippen LogP) is 2.45. The van der Waals surface area contributed by atoms with Crippen LogP contribution in [0.2, 0.25) is 0 Å². The minimum atomic E-state index is -1.31. The zero-order chi connectivity index (χ0) is 36.0. The van der Waals surface area contributed by atoms with Crippen LogP contribution in [0.25, 0.3) is 0 Å². The number of carbonyl (C=O) groups is 5. The molecule has 0 radical (unpaired) electrons. The van der Waals surface area contributed by atoms with Crippen LogP contribution < -0.4 is 35.5 Å². The average molecular weight is 688 g/mol. The number of para-hydroxylation sites is 1. The quantitative estimate of drug-likeness (QED) is 0.249. The summed E-state index contributed by atoms with van der Waals surface area (Å²) in [7, 11) is 1.56. The molecule has 3 aromatic carbocycles. The number of hydrogen-bond acceptors (Lipinski definition) is 8. The fourth-order valence-electron chi connectivity index (χ4n) is 5.22. The topological polar surface area (TPSA) is 164 Å². The number of ether oxygens (including phenoxy) is 3. The summed E-state index contributed by atoms with van der Waals surface area (Å²) >= 11 is 0. The highest BCUT2D eigenvalue weighted by atomic mass is 16.5. The van der Waals surface area contributed by atoms with Gasteiger partial charge in [-0.2, -0.15) is 0 Å². The molecule has 0 aromatic heterocycles. The minimum absolute atomic E-state index is 0.0241. The van der Waals surface area contributed by atoms with Crippen molar-refractivity contribution in [2.75, 3.05) is 33.4 Å². The van der Waals surface area contributed by atoms with Crippen LogP contribution in [-0.4, -0.2) is 86.0 Å². The minimum Gasteiger partial charge on any atom is -0.497 e. The zero-order valence-electron chi connectivity index (χ0n) is 28.8. The van der Waals surface area contributed by atoms with Gasteiger partial charge in [0.25, 0.3) is 5.91 Å². The van der Waals surface area contributed by atoms with E-state index in [4.69, 9.17) is 14.2 Å². The number of hydrogen-bond donors (Lipinski definition) is 4. The van der Waals surface area contributed by atoms with Gasteiger partial charge in [0.2, 0.25) is 23.6 Å². The molecule has 1 aliphatic heterocycles. The zero-order valence-corrected chi connectivity index (χ0v) is 28.8. The van der Waals surface area contributed by atoms with E-state index in [1.807, 2.05) is 30.3 Å². The summed E-state index contributed by atoms with van der Waals surface area (Å²) in [5.74, 6) is -1.58. The van der Waals surface area contributed by atoms with E-state index in [-0.39, 0.29) is 50.1 Å². The highest BCUT2D eigenvalue weighted by Crippen LogP contribution is 2.20. The summed E-state index contributed by atoms with van der Waals surface area (Å²) in [6.07, 6.45) is -0.453. The third-order valence-corrected chi connectivity index (χ3v) is 7.91. The van der Waals surface area contributed by atoms with Gasteiger partial charge in [-0.15, -0.1) is 0 Å². The van der Waals surface area contributed by atoms with Crippen molar-refractivity contribution in [1.82, 2.24) is 26.2 Å². The average Bonchev–Trinajstić information content (AvgIpc) is 3.11. The smallest absolute Gasteiger partial charge is 0.255 e. The number of nitrogens with one attached hydrogen (secondary N) is 4. The summed E-state index contributed by atoms with van der Waals surface area (Å²) in [6.45, 7) is 5.24. The number of fused-ring (bicyclic) bond motifs is 1. The lowest BCUT2D eigenvalue weighted by Crippen LogP contribution is -2.54. The first-order chi connectivity index (χ1) is 24.0. The molecule has 0 spiro atoms. The Bertz CT molecular complexity index is 1620. The SMILES string of the molecule is COc1ccc(OCCNC(=O)[C@@H]2CC(=O)N(Cc3ccccc3)CC(=O)N[C@H](C(C)C)C(=O)N[C@@H](C)COc3ccccc3C(=O)N2)cc1. The molecule has 50 heavy (non-hydrogen) atoms. The molecule has 3 atom stereocenters. The second-order valence-corrected chi connectivity index (χ2v) is 12.3. The van der Waals surface area contributed by atoms with Crippen LogP contribution in [0.15, 0.2) is 78.9 Å². The Morgan fingerprint density at radius 3 is 2.30 bits per heavy atom. The Morgan fingerprint density at radius 1 is 0.920 bits per heavy atom. The molecule has 0 aliphatic carbocycles.